The zero-order valence-corrected chi connectivity index (χ0v) is 12.6. The van der Waals surface area contributed by atoms with Crippen molar-refractivity contribution in [2.24, 2.45) is 11.7 Å². The lowest BCUT2D eigenvalue weighted by Gasteiger charge is -2.16. The number of ether oxygens (including phenoxy) is 2. The molecule has 0 unspecified atom stereocenters. The Morgan fingerprint density at radius 1 is 1.20 bits per heavy atom. The molecule has 0 saturated heterocycles. The first-order chi connectivity index (χ1) is 9.83. The molecule has 3 nitrogen and oxygen atoms in total. The molecule has 0 spiro atoms. The van der Waals surface area contributed by atoms with Crippen molar-refractivity contribution in [3.8, 4) is 11.5 Å². The van der Waals surface area contributed by atoms with Crippen molar-refractivity contribution in [3.05, 3.63) is 23.8 Å². The minimum Gasteiger partial charge on any atom is -0.493 e. The molecular weight excluding hydrogens is 250 g/mol. The summed E-state index contributed by atoms with van der Waals surface area (Å²) in [6, 6.07) is 6.13. The van der Waals surface area contributed by atoms with Crippen LogP contribution in [0.5, 0.6) is 11.5 Å². The molecule has 1 fully saturated rings. The minimum absolute atomic E-state index is 0.648. The summed E-state index contributed by atoms with van der Waals surface area (Å²) in [4.78, 5) is 0. The van der Waals surface area contributed by atoms with Crippen LogP contribution in [0.1, 0.15) is 44.6 Å². The van der Waals surface area contributed by atoms with E-state index in [2.05, 4.69) is 13.0 Å². The van der Waals surface area contributed by atoms with E-state index in [9.17, 15) is 0 Å². The Hall–Kier alpha value is -1.22. The van der Waals surface area contributed by atoms with Crippen LogP contribution in [-0.2, 0) is 6.42 Å². The summed E-state index contributed by atoms with van der Waals surface area (Å²) in [6.45, 7) is 4.34. The van der Waals surface area contributed by atoms with Crippen LogP contribution in [0.4, 0.5) is 0 Å². The summed E-state index contributed by atoms with van der Waals surface area (Å²) in [7, 11) is 0. The highest BCUT2D eigenvalue weighted by molar-refractivity contribution is 5.41. The van der Waals surface area contributed by atoms with Gasteiger partial charge in [0.15, 0.2) is 0 Å². The van der Waals surface area contributed by atoms with E-state index >= 15 is 0 Å². The molecule has 0 atom stereocenters. The first-order valence-electron chi connectivity index (χ1n) is 7.92. The summed E-state index contributed by atoms with van der Waals surface area (Å²) >= 11 is 0. The fourth-order valence-electron chi connectivity index (χ4n) is 2.73. The summed E-state index contributed by atoms with van der Waals surface area (Å²) in [5.41, 5.74) is 6.87. The third kappa shape index (κ3) is 4.41. The zero-order chi connectivity index (χ0) is 14.2. The summed E-state index contributed by atoms with van der Waals surface area (Å²) in [6.07, 6.45) is 7.18. The van der Waals surface area contributed by atoms with E-state index < -0.39 is 0 Å². The van der Waals surface area contributed by atoms with Gasteiger partial charge in [-0.3, -0.25) is 0 Å². The molecule has 3 heteroatoms. The summed E-state index contributed by atoms with van der Waals surface area (Å²) in [5, 5.41) is 0. The van der Waals surface area contributed by atoms with Crippen molar-refractivity contribution < 1.29 is 9.47 Å². The molecule has 1 aliphatic carbocycles. The quantitative estimate of drug-likeness (QED) is 0.790. The highest BCUT2D eigenvalue weighted by atomic mass is 16.5. The van der Waals surface area contributed by atoms with Crippen molar-refractivity contribution in [3.63, 3.8) is 0 Å². The number of nitrogens with two attached hydrogens (primary N) is 1. The van der Waals surface area contributed by atoms with E-state index in [0.717, 1.165) is 43.5 Å². The van der Waals surface area contributed by atoms with E-state index in [0.29, 0.717) is 6.54 Å². The topological polar surface area (TPSA) is 44.5 Å². The first-order valence-corrected chi connectivity index (χ1v) is 7.92. The SMILES string of the molecule is CCCOc1ccc(CCN)c(OCC2CCCC2)c1. The summed E-state index contributed by atoms with van der Waals surface area (Å²) < 4.78 is 11.7. The van der Waals surface area contributed by atoms with Crippen molar-refractivity contribution >= 4 is 0 Å². The van der Waals surface area contributed by atoms with Crippen LogP contribution in [-0.4, -0.2) is 19.8 Å². The molecule has 0 bridgehead atoms. The highest BCUT2D eigenvalue weighted by Gasteiger charge is 2.16. The molecule has 0 aromatic heterocycles. The average Bonchev–Trinajstić information content (AvgIpc) is 2.98. The highest BCUT2D eigenvalue weighted by Crippen LogP contribution is 2.29. The standard InChI is InChI=1S/C17H27NO2/c1-2-11-19-16-8-7-15(9-10-18)17(12-16)20-13-14-5-3-4-6-14/h7-8,12,14H,2-6,9-11,13,18H2,1H3. The Balaban J connectivity index is 2.00. The maximum atomic E-state index is 6.06. The van der Waals surface area contributed by atoms with Crippen LogP contribution < -0.4 is 15.2 Å². The molecule has 2 rings (SSSR count). The Morgan fingerprint density at radius 2 is 2.00 bits per heavy atom. The second kappa shape index (κ2) is 8.15. The van der Waals surface area contributed by atoms with Gasteiger partial charge in [0.05, 0.1) is 13.2 Å². The Morgan fingerprint density at radius 3 is 2.70 bits per heavy atom. The van der Waals surface area contributed by atoms with Crippen LogP contribution in [0.3, 0.4) is 0 Å². The zero-order valence-electron chi connectivity index (χ0n) is 12.6. The van der Waals surface area contributed by atoms with E-state index in [1.165, 1.54) is 31.2 Å². The third-order valence-electron chi connectivity index (χ3n) is 3.87. The molecule has 20 heavy (non-hydrogen) atoms. The van der Waals surface area contributed by atoms with Crippen molar-refractivity contribution in [1.82, 2.24) is 0 Å². The van der Waals surface area contributed by atoms with Crippen LogP contribution >= 0.6 is 0 Å². The van der Waals surface area contributed by atoms with Crippen LogP contribution in [0.25, 0.3) is 0 Å². The van der Waals surface area contributed by atoms with Crippen molar-refractivity contribution in [1.29, 1.82) is 0 Å². The lowest BCUT2D eigenvalue weighted by molar-refractivity contribution is 0.247. The molecule has 0 heterocycles. The molecule has 1 aromatic carbocycles. The number of hydrogen-bond donors (Lipinski definition) is 1. The predicted octanol–water partition coefficient (Wildman–Crippen LogP) is 3.55. The number of rotatable bonds is 8. The number of benzene rings is 1. The Labute approximate surface area is 122 Å². The number of hydrogen-bond acceptors (Lipinski definition) is 3. The van der Waals surface area contributed by atoms with Crippen LogP contribution in [0, 0.1) is 5.92 Å². The van der Waals surface area contributed by atoms with Gasteiger partial charge in [0.25, 0.3) is 0 Å². The van der Waals surface area contributed by atoms with E-state index in [4.69, 9.17) is 15.2 Å². The second-order valence-electron chi connectivity index (χ2n) is 5.62. The van der Waals surface area contributed by atoms with Gasteiger partial charge in [0.1, 0.15) is 11.5 Å². The molecule has 0 radical (unpaired) electrons. The maximum absolute atomic E-state index is 6.06. The lowest BCUT2D eigenvalue weighted by atomic mass is 10.1. The molecule has 1 aliphatic rings. The van der Waals surface area contributed by atoms with E-state index in [1.807, 2.05) is 12.1 Å². The van der Waals surface area contributed by atoms with Gasteiger partial charge >= 0.3 is 0 Å². The average molecular weight is 277 g/mol. The Kier molecular flexibility index (Phi) is 6.19. The molecular formula is C17H27NO2. The van der Waals surface area contributed by atoms with Gasteiger partial charge in [-0.05, 0) is 49.8 Å². The van der Waals surface area contributed by atoms with Gasteiger partial charge < -0.3 is 15.2 Å². The third-order valence-corrected chi connectivity index (χ3v) is 3.87. The maximum Gasteiger partial charge on any atom is 0.126 e. The predicted molar refractivity (Wildman–Crippen MR) is 82.4 cm³/mol. The van der Waals surface area contributed by atoms with Gasteiger partial charge in [0, 0.05) is 6.07 Å². The van der Waals surface area contributed by atoms with E-state index in [-0.39, 0.29) is 0 Å². The fourth-order valence-corrected chi connectivity index (χ4v) is 2.73. The van der Waals surface area contributed by atoms with Gasteiger partial charge in [-0.2, -0.15) is 0 Å². The smallest absolute Gasteiger partial charge is 0.126 e. The van der Waals surface area contributed by atoms with Gasteiger partial charge in [-0.15, -0.1) is 0 Å². The monoisotopic (exact) mass is 277 g/mol. The van der Waals surface area contributed by atoms with Crippen molar-refractivity contribution in [2.45, 2.75) is 45.4 Å². The second-order valence-corrected chi connectivity index (χ2v) is 5.62. The van der Waals surface area contributed by atoms with Gasteiger partial charge in [0.2, 0.25) is 0 Å². The molecule has 1 aromatic rings. The Bertz CT molecular complexity index is 400. The molecule has 0 amide bonds. The molecule has 2 N–H and O–H groups in total. The van der Waals surface area contributed by atoms with Gasteiger partial charge in [-0.25, -0.2) is 0 Å². The van der Waals surface area contributed by atoms with Crippen LogP contribution in [0.2, 0.25) is 0 Å². The molecule has 112 valence electrons. The lowest BCUT2D eigenvalue weighted by Crippen LogP contribution is -2.11. The largest absolute Gasteiger partial charge is 0.493 e. The molecule has 0 aliphatic heterocycles. The van der Waals surface area contributed by atoms with Crippen LogP contribution in [0.15, 0.2) is 18.2 Å². The first kappa shape index (κ1) is 15.2. The normalized spacial score (nSPS) is 15.5. The minimum atomic E-state index is 0.648. The van der Waals surface area contributed by atoms with Gasteiger partial charge in [-0.1, -0.05) is 25.8 Å². The molecule has 1 saturated carbocycles. The van der Waals surface area contributed by atoms with Crippen molar-refractivity contribution in [2.75, 3.05) is 19.8 Å². The fraction of sp³-hybridized carbons (Fsp3) is 0.647. The van der Waals surface area contributed by atoms with E-state index in [1.54, 1.807) is 0 Å². The summed E-state index contributed by atoms with van der Waals surface area (Å²) in [5.74, 6) is 2.57.